The first-order chi connectivity index (χ1) is 11.2. The van der Waals surface area contributed by atoms with E-state index in [1.54, 1.807) is 7.05 Å². The quantitative estimate of drug-likeness (QED) is 0.482. The highest BCUT2D eigenvalue weighted by Gasteiger charge is 2.19. The Bertz CT molecular complexity index is 524. The zero-order valence-electron chi connectivity index (χ0n) is 14.5. The molecule has 23 heavy (non-hydrogen) atoms. The van der Waals surface area contributed by atoms with Gasteiger partial charge in [0.05, 0.1) is 0 Å². The lowest BCUT2D eigenvalue weighted by Gasteiger charge is -2.33. The van der Waals surface area contributed by atoms with Crippen molar-refractivity contribution in [2.75, 3.05) is 20.1 Å². The van der Waals surface area contributed by atoms with Gasteiger partial charge in [-0.2, -0.15) is 0 Å². The third-order valence-corrected chi connectivity index (χ3v) is 4.52. The van der Waals surface area contributed by atoms with Crippen LogP contribution in [0.2, 0.25) is 0 Å². The molecular weight excluding hydrogens is 284 g/mol. The second kappa shape index (κ2) is 9.36. The second-order valence-corrected chi connectivity index (χ2v) is 6.18. The van der Waals surface area contributed by atoms with Gasteiger partial charge in [0.15, 0.2) is 5.96 Å². The molecule has 4 nitrogen and oxygen atoms in total. The summed E-state index contributed by atoms with van der Waals surface area (Å²) in [6, 6.07) is 9.39. The van der Waals surface area contributed by atoms with E-state index in [2.05, 4.69) is 58.3 Å². The second-order valence-electron chi connectivity index (χ2n) is 6.18. The highest BCUT2D eigenvalue weighted by atomic mass is 15.2. The van der Waals surface area contributed by atoms with Gasteiger partial charge < -0.3 is 10.6 Å². The number of hydrogen-bond acceptors (Lipinski definition) is 2. The molecule has 1 fully saturated rings. The van der Waals surface area contributed by atoms with Crippen molar-refractivity contribution in [3.8, 4) is 0 Å². The highest BCUT2D eigenvalue weighted by molar-refractivity contribution is 5.79. The molecule has 0 amide bonds. The maximum atomic E-state index is 4.23. The first-order valence-corrected chi connectivity index (χ1v) is 8.61. The van der Waals surface area contributed by atoms with E-state index in [1.807, 2.05) is 6.08 Å². The number of piperidine rings is 1. The van der Waals surface area contributed by atoms with Gasteiger partial charge in [0, 0.05) is 32.7 Å². The Morgan fingerprint density at radius 2 is 2.09 bits per heavy atom. The van der Waals surface area contributed by atoms with E-state index < -0.39 is 0 Å². The minimum absolute atomic E-state index is 0.687. The molecule has 0 spiro atoms. The molecule has 1 aromatic rings. The summed E-state index contributed by atoms with van der Waals surface area (Å²) in [4.78, 5) is 6.84. The molecule has 1 saturated heterocycles. The van der Waals surface area contributed by atoms with Gasteiger partial charge in [0.2, 0.25) is 0 Å². The molecule has 2 rings (SSSR count). The van der Waals surface area contributed by atoms with E-state index in [9.17, 15) is 0 Å². The van der Waals surface area contributed by atoms with E-state index in [4.69, 9.17) is 0 Å². The topological polar surface area (TPSA) is 39.7 Å². The van der Waals surface area contributed by atoms with Crippen molar-refractivity contribution in [2.45, 2.75) is 45.3 Å². The standard InChI is InChI=1S/C19H30N4/c1-4-12-21-19(20-3)22-14-17-10-5-6-11-18(17)15-23-13-8-7-9-16(23)2/h4-6,10-11,16H,1,7-9,12-15H2,2-3H3,(H2,20,21,22). The molecular formula is C19H30N4. The van der Waals surface area contributed by atoms with Crippen LogP contribution in [-0.4, -0.2) is 37.0 Å². The monoisotopic (exact) mass is 314 g/mol. The van der Waals surface area contributed by atoms with Crippen molar-refractivity contribution in [3.63, 3.8) is 0 Å². The van der Waals surface area contributed by atoms with Gasteiger partial charge in [-0.1, -0.05) is 36.8 Å². The van der Waals surface area contributed by atoms with Crippen molar-refractivity contribution < 1.29 is 0 Å². The predicted molar refractivity (Wildman–Crippen MR) is 98.6 cm³/mol. The summed E-state index contributed by atoms with van der Waals surface area (Å²) < 4.78 is 0. The number of nitrogens with zero attached hydrogens (tertiary/aromatic N) is 2. The first kappa shape index (κ1) is 17.5. The fourth-order valence-electron chi connectivity index (χ4n) is 3.06. The summed E-state index contributed by atoms with van der Waals surface area (Å²) in [6.07, 6.45) is 5.84. The molecule has 0 aliphatic carbocycles. The van der Waals surface area contributed by atoms with Crippen LogP contribution in [0.25, 0.3) is 0 Å². The summed E-state index contributed by atoms with van der Waals surface area (Å²) in [5, 5.41) is 6.59. The molecule has 126 valence electrons. The summed E-state index contributed by atoms with van der Waals surface area (Å²) in [6.45, 7) is 9.82. The lowest BCUT2D eigenvalue weighted by molar-refractivity contribution is 0.152. The van der Waals surface area contributed by atoms with Crippen molar-refractivity contribution in [1.29, 1.82) is 0 Å². The van der Waals surface area contributed by atoms with Crippen LogP contribution in [-0.2, 0) is 13.1 Å². The molecule has 0 radical (unpaired) electrons. The van der Waals surface area contributed by atoms with Gasteiger partial charge in [-0.3, -0.25) is 9.89 Å². The Balaban J connectivity index is 1.98. The summed E-state index contributed by atoms with van der Waals surface area (Å²) >= 11 is 0. The third-order valence-electron chi connectivity index (χ3n) is 4.52. The molecule has 1 aromatic carbocycles. The van der Waals surface area contributed by atoms with Gasteiger partial charge in [0.1, 0.15) is 0 Å². The van der Waals surface area contributed by atoms with Crippen LogP contribution in [0.3, 0.4) is 0 Å². The van der Waals surface area contributed by atoms with Gasteiger partial charge >= 0.3 is 0 Å². The molecule has 1 atom stereocenters. The Morgan fingerprint density at radius 1 is 1.30 bits per heavy atom. The Kier molecular flexibility index (Phi) is 7.14. The van der Waals surface area contributed by atoms with Crippen LogP contribution in [0.5, 0.6) is 0 Å². The van der Waals surface area contributed by atoms with Crippen LogP contribution < -0.4 is 10.6 Å². The zero-order chi connectivity index (χ0) is 16.5. The van der Waals surface area contributed by atoms with Crippen LogP contribution in [0.4, 0.5) is 0 Å². The van der Waals surface area contributed by atoms with Crippen LogP contribution in [0.15, 0.2) is 41.9 Å². The van der Waals surface area contributed by atoms with Gasteiger partial charge in [-0.05, 0) is 37.4 Å². The van der Waals surface area contributed by atoms with E-state index in [0.717, 1.165) is 19.0 Å². The average Bonchev–Trinajstić information content (AvgIpc) is 2.58. The van der Waals surface area contributed by atoms with Crippen LogP contribution in [0.1, 0.15) is 37.3 Å². The van der Waals surface area contributed by atoms with Crippen LogP contribution >= 0.6 is 0 Å². The molecule has 1 heterocycles. The number of likely N-dealkylation sites (tertiary alicyclic amines) is 1. The number of guanidine groups is 1. The number of hydrogen-bond donors (Lipinski definition) is 2. The number of benzene rings is 1. The first-order valence-electron chi connectivity index (χ1n) is 8.61. The van der Waals surface area contributed by atoms with Crippen molar-refractivity contribution in [1.82, 2.24) is 15.5 Å². The smallest absolute Gasteiger partial charge is 0.191 e. The SMILES string of the molecule is C=CCNC(=NC)NCc1ccccc1CN1CCCCC1C. The maximum absolute atomic E-state index is 4.23. The molecule has 0 saturated carbocycles. The third kappa shape index (κ3) is 5.39. The minimum atomic E-state index is 0.687. The van der Waals surface area contributed by atoms with Crippen molar-refractivity contribution >= 4 is 5.96 Å². The fraction of sp³-hybridized carbons (Fsp3) is 0.526. The molecule has 1 aliphatic rings. The lowest BCUT2D eigenvalue weighted by atomic mass is 10.0. The normalized spacial score (nSPS) is 19.4. The van der Waals surface area contributed by atoms with Crippen molar-refractivity contribution in [3.05, 3.63) is 48.0 Å². The number of nitrogens with one attached hydrogen (secondary N) is 2. The Morgan fingerprint density at radius 3 is 2.78 bits per heavy atom. The van der Waals surface area contributed by atoms with Crippen molar-refractivity contribution in [2.24, 2.45) is 4.99 Å². The summed E-state index contributed by atoms with van der Waals surface area (Å²) in [5.74, 6) is 0.811. The molecule has 1 unspecified atom stereocenters. The average molecular weight is 314 g/mol. The van der Waals surface area contributed by atoms with Gasteiger partial charge in [-0.25, -0.2) is 0 Å². The number of aliphatic imine (C=N–C) groups is 1. The molecule has 0 bridgehead atoms. The molecule has 1 aliphatic heterocycles. The van der Waals surface area contributed by atoms with E-state index >= 15 is 0 Å². The maximum Gasteiger partial charge on any atom is 0.191 e. The van der Waals surface area contributed by atoms with Crippen LogP contribution in [0, 0.1) is 0 Å². The minimum Gasteiger partial charge on any atom is -0.353 e. The van der Waals surface area contributed by atoms with Gasteiger partial charge in [-0.15, -0.1) is 6.58 Å². The molecule has 2 N–H and O–H groups in total. The fourth-order valence-corrected chi connectivity index (χ4v) is 3.06. The largest absolute Gasteiger partial charge is 0.353 e. The van der Waals surface area contributed by atoms with Gasteiger partial charge in [0.25, 0.3) is 0 Å². The van der Waals surface area contributed by atoms with E-state index in [1.165, 1.54) is 36.9 Å². The van der Waals surface area contributed by atoms with E-state index in [0.29, 0.717) is 12.6 Å². The predicted octanol–water partition coefficient (Wildman–Crippen LogP) is 2.91. The van der Waals surface area contributed by atoms with E-state index in [-0.39, 0.29) is 0 Å². The Labute approximate surface area is 140 Å². The lowest BCUT2D eigenvalue weighted by Crippen LogP contribution is -2.38. The molecule has 4 heteroatoms. The molecule has 0 aromatic heterocycles. The summed E-state index contributed by atoms with van der Waals surface area (Å²) in [7, 11) is 1.79. The Hall–Kier alpha value is -1.81. The number of rotatable bonds is 6. The summed E-state index contributed by atoms with van der Waals surface area (Å²) in [5.41, 5.74) is 2.75. The highest BCUT2D eigenvalue weighted by Crippen LogP contribution is 2.20. The zero-order valence-corrected chi connectivity index (χ0v) is 14.5.